The average Bonchev–Trinajstić information content (AvgIpc) is 3.09. The number of aliphatic hydroxyl groups is 1. The number of aryl methyl sites for hydroxylation is 1. The highest BCUT2D eigenvalue weighted by Gasteiger charge is 2.37. The number of aromatic nitrogens is 2. The number of carbonyl (C=O) groups excluding carboxylic acids is 1. The Morgan fingerprint density at radius 2 is 2.00 bits per heavy atom. The largest absolute Gasteiger partial charge is 0.396 e. The molecule has 1 aromatic rings. The maximum atomic E-state index is 13.4. The lowest BCUT2D eigenvalue weighted by molar-refractivity contribution is -0.0197. The summed E-state index contributed by atoms with van der Waals surface area (Å²) < 4.78 is 7.44. The van der Waals surface area contributed by atoms with E-state index in [1.165, 1.54) is 17.7 Å². The minimum Gasteiger partial charge on any atom is -0.396 e. The van der Waals surface area contributed by atoms with Crippen molar-refractivity contribution in [3.63, 3.8) is 0 Å². The van der Waals surface area contributed by atoms with Gasteiger partial charge in [0.2, 0.25) is 0 Å². The van der Waals surface area contributed by atoms with Gasteiger partial charge in [-0.1, -0.05) is 0 Å². The normalized spacial score (nSPS) is 26.3. The lowest BCUT2D eigenvalue weighted by Crippen LogP contribution is -2.55. The third-order valence-electron chi connectivity index (χ3n) is 6.80. The second kappa shape index (κ2) is 8.93. The summed E-state index contributed by atoms with van der Waals surface area (Å²) in [6, 6.07) is 0.483. The fourth-order valence-corrected chi connectivity index (χ4v) is 5.33. The van der Waals surface area contributed by atoms with Crippen molar-refractivity contribution in [3.8, 4) is 0 Å². The van der Waals surface area contributed by atoms with Crippen molar-refractivity contribution >= 4 is 5.91 Å². The van der Waals surface area contributed by atoms with E-state index in [0.717, 1.165) is 77.9 Å². The van der Waals surface area contributed by atoms with E-state index < -0.39 is 0 Å². The molecule has 0 radical (unpaired) electrons. The monoisotopic (exact) mass is 390 g/mol. The molecule has 2 atom stereocenters. The number of ether oxygens (including phenoxy) is 1. The van der Waals surface area contributed by atoms with Crippen molar-refractivity contribution in [2.75, 3.05) is 46.0 Å². The fourth-order valence-electron chi connectivity index (χ4n) is 5.33. The lowest BCUT2D eigenvalue weighted by Gasteiger charge is -2.45. The Balaban J connectivity index is 1.49. The number of hydrogen-bond acceptors (Lipinski definition) is 5. The van der Waals surface area contributed by atoms with Crippen LogP contribution in [0.3, 0.4) is 0 Å². The van der Waals surface area contributed by atoms with Gasteiger partial charge in [0.1, 0.15) is 0 Å². The van der Waals surface area contributed by atoms with Crippen LogP contribution in [0.4, 0.5) is 0 Å². The van der Waals surface area contributed by atoms with E-state index in [2.05, 4.69) is 10.00 Å². The van der Waals surface area contributed by atoms with Gasteiger partial charge in [0.05, 0.1) is 13.2 Å². The summed E-state index contributed by atoms with van der Waals surface area (Å²) in [7, 11) is 1.97. The third kappa shape index (κ3) is 3.98. The Labute approximate surface area is 167 Å². The second-order valence-electron chi connectivity index (χ2n) is 8.49. The van der Waals surface area contributed by atoms with Gasteiger partial charge in [0.15, 0.2) is 5.69 Å². The van der Waals surface area contributed by atoms with Crippen LogP contribution in [0.25, 0.3) is 0 Å². The fraction of sp³-hybridized carbons (Fsp3) is 0.810. The highest BCUT2D eigenvalue weighted by molar-refractivity contribution is 5.94. The maximum Gasteiger partial charge on any atom is 0.274 e. The quantitative estimate of drug-likeness (QED) is 0.819. The molecule has 2 fully saturated rings. The molecule has 156 valence electrons. The van der Waals surface area contributed by atoms with Gasteiger partial charge in [0.25, 0.3) is 5.91 Å². The van der Waals surface area contributed by atoms with Crippen molar-refractivity contribution in [2.45, 2.75) is 51.0 Å². The van der Waals surface area contributed by atoms with E-state index in [-0.39, 0.29) is 12.5 Å². The number of aliphatic hydroxyl groups excluding tert-OH is 1. The molecular weight excluding hydrogens is 356 g/mol. The zero-order valence-electron chi connectivity index (χ0n) is 17.1. The lowest BCUT2D eigenvalue weighted by atomic mass is 9.86. The molecule has 1 N–H and O–H groups in total. The van der Waals surface area contributed by atoms with Crippen LogP contribution < -0.4 is 0 Å². The van der Waals surface area contributed by atoms with Gasteiger partial charge >= 0.3 is 0 Å². The molecule has 1 aliphatic carbocycles. The van der Waals surface area contributed by atoms with Crippen LogP contribution in [0.15, 0.2) is 0 Å². The van der Waals surface area contributed by atoms with E-state index in [0.29, 0.717) is 17.7 Å². The summed E-state index contributed by atoms with van der Waals surface area (Å²) in [6.45, 7) is 5.32. The Kier molecular flexibility index (Phi) is 6.33. The van der Waals surface area contributed by atoms with E-state index in [1.807, 2.05) is 16.6 Å². The summed E-state index contributed by atoms with van der Waals surface area (Å²) in [5.74, 6) is 0.510. The summed E-state index contributed by atoms with van der Waals surface area (Å²) in [5, 5.41) is 14.0. The standard InChI is InChI=1S/C21H34N4O3/c1-23-19-7-3-2-6-17(19)20(22-23)21(27)25-9-8-18(16(15-25)5-4-12-26)24-10-13-28-14-11-24/h16,18,26H,2-15H2,1H3/t16-,18+/m1/s1. The third-order valence-corrected chi connectivity index (χ3v) is 6.80. The molecular formula is C21H34N4O3. The Morgan fingerprint density at radius 3 is 2.79 bits per heavy atom. The Morgan fingerprint density at radius 1 is 1.21 bits per heavy atom. The van der Waals surface area contributed by atoms with Crippen molar-refractivity contribution < 1.29 is 14.6 Å². The van der Waals surface area contributed by atoms with Crippen molar-refractivity contribution in [3.05, 3.63) is 17.0 Å². The number of morpholine rings is 1. The van der Waals surface area contributed by atoms with Crippen LogP contribution in [0.5, 0.6) is 0 Å². The van der Waals surface area contributed by atoms with Gasteiger partial charge < -0.3 is 14.7 Å². The second-order valence-corrected chi connectivity index (χ2v) is 8.49. The molecule has 1 aromatic heterocycles. The van der Waals surface area contributed by atoms with Crippen LogP contribution in [0, 0.1) is 5.92 Å². The molecule has 2 saturated heterocycles. The molecule has 3 aliphatic rings. The molecule has 7 heteroatoms. The molecule has 0 unspecified atom stereocenters. The van der Waals surface area contributed by atoms with Gasteiger partial charge in [-0.15, -0.1) is 0 Å². The van der Waals surface area contributed by atoms with E-state index in [4.69, 9.17) is 4.74 Å². The predicted octanol–water partition coefficient (Wildman–Crippen LogP) is 1.23. The van der Waals surface area contributed by atoms with Crippen molar-refractivity contribution in [2.24, 2.45) is 13.0 Å². The first-order valence-corrected chi connectivity index (χ1v) is 11.0. The molecule has 4 rings (SSSR count). The van der Waals surface area contributed by atoms with E-state index in [1.54, 1.807) is 0 Å². The summed E-state index contributed by atoms with van der Waals surface area (Å²) in [6.07, 6.45) is 7.10. The van der Waals surface area contributed by atoms with Crippen LogP contribution in [0.1, 0.15) is 53.8 Å². The number of amides is 1. The minimum atomic E-state index is 0.105. The molecule has 0 spiro atoms. The number of hydrogen-bond donors (Lipinski definition) is 1. The molecule has 28 heavy (non-hydrogen) atoms. The average molecular weight is 391 g/mol. The summed E-state index contributed by atoms with van der Waals surface area (Å²) in [5.41, 5.74) is 3.11. The summed E-state index contributed by atoms with van der Waals surface area (Å²) >= 11 is 0. The highest BCUT2D eigenvalue weighted by Crippen LogP contribution is 2.30. The Bertz CT molecular complexity index is 683. The Hall–Kier alpha value is -1.44. The number of likely N-dealkylation sites (tertiary alicyclic amines) is 1. The first-order chi connectivity index (χ1) is 13.7. The molecule has 2 aliphatic heterocycles. The number of fused-ring (bicyclic) bond motifs is 1. The molecule has 3 heterocycles. The first-order valence-electron chi connectivity index (χ1n) is 11.0. The van der Waals surface area contributed by atoms with Gasteiger partial charge in [-0.25, -0.2) is 0 Å². The highest BCUT2D eigenvalue weighted by atomic mass is 16.5. The summed E-state index contributed by atoms with van der Waals surface area (Å²) in [4.78, 5) is 17.9. The van der Waals surface area contributed by atoms with Gasteiger partial charge in [0, 0.05) is 57.1 Å². The zero-order valence-corrected chi connectivity index (χ0v) is 17.1. The number of carbonyl (C=O) groups is 1. The SMILES string of the molecule is Cn1nc(C(=O)N2CC[C@H](N3CCOCC3)[C@H](CCCO)C2)c2c1CCCC2. The van der Waals surface area contributed by atoms with E-state index in [9.17, 15) is 9.90 Å². The zero-order chi connectivity index (χ0) is 19.5. The van der Waals surface area contributed by atoms with Crippen LogP contribution in [-0.4, -0.2) is 82.6 Å². The number of piperidine rings is 1. The molecule has 7 nitrogen and oxygen atoms in total. The molecule has 0 aromatic carbocycles. The van der Waals surface area contributed by atoms with Crippen LogP contribution in [0.2, 0.25) is 0 Å². The smallest absolute Gasteiger partial charge is 0.274 e. The number of rotatable bonds is 5. The molecule has 1 amide bonds. The topological polar surface area (TPSA) is 70.8 Å². The molecule has 0 bridgehead atoms. The van der Waals surface area contributed by atoms with Crippen molar-refractivity contribution in [1.29, 1.82) is 0 Å². The minimum absolute atomic E-state index is 0.105. The number of nitrogens with zero attached hydrogens (tertiary/aromatic N) is 4. The maximum absolute atomic E-state index is 13.4. The van der Waals surface area contributed by atoms with Gasteiger partial charge in [-0.3, -0.25) is 14.4 Å². The van der Waals surface area contributed by atoms with Crippen molar-refractivity contribution in [1.82, 2.24) is 19.6 Å². The molecule has 0 saturated carbocycles. The van der Waals surface area contributed by atoms with Crippen LogP contribution in [-0.2, 0) is 24.6 Å². The first kappa shape index (κ1) is 19.9. The van der Waals surface area contributed by atoms with Gasteiger partial charge in [-0.2, -0.15) is 5.10 Å². The van der Waals surface area contributed by atoms with Crippen LogP contribution >= 0.6 is 0 Å². The van der Waals surface area contributed by atoms with Gasteiger partial charge in [-0.05, 0) is 50.9 Å². The van der Waals surface area contributed by atoms with E-state index >= 15 is 0 Å². The predicted molar refractivity (Wildman–Crippen MR) is 106 cm³/mol.